The van der Waals surface area contributed by atoms with Gasteiger partial charge in [-0.05, 0) is 36.4 Å². The van der Waals surface area contributed by atoms with Crippen molar-refractivity contribution in [3.63, 3.8) is 0 Å². The van der Waals surface area contributed by atoms with Crippen molar-refractivity contribution < 1.29 is 35.1 Å². The van der Waals surface area contributed by atoms with Crippen molar-refractivity contribution >= 4 is 15.7 Å². The van der Waals surface area contributed by atoms with E-state index in [2.05, 4.69) is 20.0 Å². The number of hydrogen-bond acceptors (Lipinski definition) is 6. The Kier molecular flexibility index (Phi) is 6.18. The number of aromatic nitrogens is 4. The van der Waals surface area contributed by atoms with Crippen molar-refractivity contribution in [1.82, 2.24) is 24.5 Å². The van der Waals surface area contributed by atoms with Gasteiger partial charge in [0.15, 0.2) is 11.5 Å². The van der Waals surface area contributed by atoms with Crippen LogP contribution in [0.3, 0.4) is 0 Å². The van der Waals surface area contributed by atoms with Crippen LogP contribution in [0.2, 0.25) is 0 Å². The summed E-state index contributed by atoms with van der Waals surface area (Å²) in [7, 11) is -4.36. The van der Waals surface area contributed by atoms with Gasteiger partial charge in [-0.25, -0.2) is 21.9 Å². The monoisotopic (exact) mass is 499 g/mol. The molecule has 0 amide bonds. The van der Waals surface area contributed by atoms with Crippen LogP contribution in [0, 0.1) is 11.6 Å². The minimum atomic E-state index is -5.05. The van der Waals surface area contributed by atoms with Crippen LogP contribution in [0.25, 0.3) is 17.0 Å². The van der Waals surface area contributed by atoms with E-state index in [1.165, 1.54) is 34.8 Å². The standard InChI is InChI=1S/C20H14F5N5O3S/c21-13-3-1-2-12(10-13)19-28-27-17-6-7-18(29-30(17)19)33-9-8-26-34(31,32)14-4-5-16(22)15(11-14)20(23,24)25/h1-7,10-11,26H,8-9H2. The first-order valence-corrected chi connectivity index (χ1v) is 11.0. The van der Waals surface area contributed by atoms with Crippen LogP contribution in [0.15, 0.2) is 59.5 Å². The highest BCUT2D eigenvalue weighted by Crippen LogP contribution is 2.32. The highest BCUT2D eigenvalue weighted by Gasteiger charge is 2.35. The molecule has 0 aliphatic carbocycles. The molecule has 178 valence electrons. The van der Waals surface area contributed by atoms with Gasteiger partial charge >= 0.3 is 6.18 Å². The molecule has 0 bridgehead atoms. The van der Waals surface area contributed by atoms with Crippen LogP contribution in [0.1, 0.15) is 5.56 Å². The van der Waals surface area contributed by atoms with Crippen molar-refractivity contribution in [1.29, 1.82) is 0 Å². The molecule has 0 atom stereocenters. The Bertz CT molecular complexity index is 1460. The lowest BCUT2D eigenvalue weighted by molar-refractivity contribution is -0.140. The smallest absolute Gasteiger partial charge is 0.419 e. The lowest BCUT2D eigenvalue weighted by Gasteiger charge is -2.11. The fraction of sp³-hybridized carbons (Fsp3) is 0.150. The number of rotatable bonds is 7. The zero-order valence-corrected chi connectivity index (χ0v) is 17.7. The van der Waals surface area contributed by atoms with E-state index < -0.39 is 38.3 Å². The van der Waals surface area contributed by atoms with Crippen LogP contribution >= 0.6 is 0 Å². The van der Waals surface area contributed by atoms with Crippen molar-refractivity contribution in [2.45, 2.75) is 11.1 Å². The first-order chi connectivity index (χ1) is 16.0. The molecule has 4 rings (SSSR count). The predicted octanol–water partition coefficient (Wildman–Crippen LogP) is 3.45. The summed E-state index contributed by atoms with van der Waals surface area (Å²) in [5.74, 6) is -1.75. The maximum absolute atomic E-state index is 13.5. The Labute approximate surface area is 189 Å². The number of nitrogens with one attached hydrogen (secondary N) is 1. The van der Waals surface area contributed by atoms with Crippen LogP contribution < -0.4 is 9.46 Å². The quantitative estimate of drug-likeness (QED) is 0.309. The van der Waals surface area contributed by atoms with E-state index in [-0.39, 0.29) is 30.9 Å². The summed E-state index contributed by atoms with van der Waals surface area (Å²) in [5, 5.41) is 12.1. The van der Waals surface area contributed by atoms with Gasteiger partial charge in [0.05, 0.1) is 10.5 Å². The summed E-state index contributed by atoms with van der Waals surface area (Å²) in [4.78, 5) is -0.745. The number of benzene rings is 2. The molecule has 8 nitrogen and oxygen atoms in total. The maximum Gasteiger partial charge on any atom is 0.419 e. The fourth-order valence-electron chi connectivity index (χ4n) is 2.96. The minimum absolute atomic E-state index is 0.0605. The lowest BCUT2D eigenvalue weighted by Crippen LogP contribution is -2.28. The van der Waals surface area contributed by atoms with E-state index in [1.807, 2.05) is 0 Å². The molecule has 0 spiro atoms. The molecule has 2 aromatic carbocycles. The van der Waals surface area contributed by atoms with Gasteiger partial charge in [0, 0.05) is 18.2 Å². The molecule has 0 radical (unpaired) electrons. The van der Waals surface area contributed by atoms with Crippen LogP contribution in [0.4, 0.5) is 22.0 Å². The summed E-state index contributed by atoms with van der Waals surface area (Å²) >= 11 is 0. The third kappa shape index (κ3) is 4.97. The van der Waals surface area contributed by atoms with E-state index in [4.69, 9.17) is 4.74 Å². The second-order valence-corrected chi connectivity index (χ2v) is 8.63. The molecule has 34 heavy (non-hydrogen) atoms. The molecular formula is C20H14F5N5O3S. The SMILES string of the molecule is O=S(=O)(NCCOc1ccc2nnc(-c3cccc(F)c3)n2n1)c1ccc(F)c(C(F)(F)F)c1. The number of alkyl halides is 3. The van der Waals surface area contributed by atoms with E-state index in [0.29, 0.717) is 17.3 Å². The average Bonchev–Trinajstić information content (AvgIpc) is 3.19. The molecule has 1 N–H and O–H groups in total. The van der Waals surface area contributed by atoms with Gasteiger partial charge in [0.2, 0.25) is 15.9 Å². The first kappa shape index (κ1) is 23.5. The minimum Gasteiger partial charge on any atom is -0.475 e. The lowest BCUT2D eigenvalue weighted by atomic mass is 10.2. The van der Waals surface area contributed by atoms with E-state index in [0.717, 1.165) is 6.07 Å². The Morgan fingerprint density at radius 2 is 1.79 bits per heavy atom. The molecule has 0 aliphatic rings. The van der Waals surface area contributed by atoms with Gasteiger partial charge < -0.3 is 4.74 Å². The molecule has 2 aromatic heterocycles. The van der Waals surface area contributed by atoms with Crippen LogP contribution in [-0.2, 0) is 16.2 Å². The van der Waals surface area contributed by atoms with Crippen molar-refractivity contribution in [2.24, 2.45) is 0 Å². The van der Waals surface area contributed by atoms with Crippen molar-refractivity contribution in [3.05, 3.63) is 71.8 Å². The normalized spacial score (nSPS) is 12.3. The maximum atomic E-state index is 13.5. The third-order valence-corrected chi connectivity index (χ3v) is 5.98. The Hall–Kier alpha value is -3.65. The number of ether oxygens (including phenoxy) is 1. The molecule has 0 aliphatic heterocycles. The largest absolute Gasteiger partial charge is 0.475 e. The van der Waals surface area contributed by atoms with Gasteiger partial charge in [-0.1, -0.05) is 12.1 Å². The van der Waals surface area contributed by atoms with Gasteiger partial charge in [0.1, 0.15) is 18.2 Å². The molecule has 4 aromatic rings. The zero-order chi connectivity index (χ0) is 24.5. The molecular weight excluding hydrogens is 485 g/mol. The molecule has 0 unspecified atom stereocenters. The van der Waals surface area contributed by atoms with Gasteiger partial charge in [0.25, 0.3) is 0 Å². The molecule has 2 heterocycles. The number of fused-ring (bicyclic) bond motifs is 1. The Morgan fingerprint density at radius 3 is 2.53 bits per heavy atom. The van der Waals surface area contributed by atoms with E-state index in [1.54, 1.807) is 6.07 Å². The zero-order valence-electron chi connectivity index (χ0n) is 16.9. The van der Waals surface area contributed by atoms with Gasteiger partial charge in [-0.3, -0.25) is 0 Å². The fourth-order valence-corrected chi connectivity index (χ4v) is 4.00. The highest BCUT2D eigenvalue weighted by atomic mass is 32.2. The Morgan fingerprint density at radius 1 is 1.00 bits per heavy atom. The second-order valence-electron chi connectivity index (χ2n) is 6.86. The number of halogens is 5. The van der Waals surface area contributed by atoms with Crippen LogP contribution in [-0.4, -0.2) is 41.4 Å². The van der Waals surface area contributed by atoms with Crippen molar-refractivity contribution in [2.75, 3.05) is 13.2 Å². The van der Waals surface area contributed by atoms with E-state index in [9.17, 15) is 30.4 Å². The van der Waals surface area contributed by atoms with Crippen molar-refractivity contribution in [3.8, 4) is 17.3 Å². The third-order valence-electron chi connectivity index (χ3n) is 4.52. The molecule has 14 heteroatoms. The number of hydrogen-bond donors (Lipinski definition) is 1. The predicted molar refractivity (Wildman–Crippen MR) is 108 cm³/mol. The summed E-state index contributed by atoms with van der Waals surface area (Å²) in [6, 6.07) is 9.98. The Balaban J connectivity index is 1.44. The second kappa shape index (κ2) is 8.95. The summed E-state index contributed by atoms with van der Waals surface area (Å²) in [6.45, 7) is -0.553. The summed E-state index contributed by atoms with van der Waals surface area (Å²) in [5.41, 5.74) is -0.918. The number of sulfonamides is 1. The molecule has 0 saturated heterocycles. The average molecular weight is 499 g/mol. The molecule has 0 saturated carbocycles. The number of nitrogens with zero attached hydrogens (tertiary/aromatic N) is 4. The molecule has 0 fully saturated rings. The van der Waals surface area contributed by atoms with Gasteiger partial charge in [-0.2, -0.15) is 17.7 Å². The van der Waals surface area contributed by atoms with Gasteiger partial charge in [-0.15, -0.1) is 15.3 Å². The van der Waals surface area contributed by atoms with E-state index >= 15 is 0 Å². The topological polar surface area (TPSA) is 98.5 Å². The summed E-state index contributed by atoms with van der Waals surface area (Å²) in [6.07, 6.45) is -5.05. The highest BCUT2D eigenvalue weighted by molar-refractivity contribution is 7.89. The van der Waals surface area contributed by atoms with Crippen LogP contribution in [0.5, 0.6) is 5.88 Å². The summed E-state index contributed by atoms with van der Waals surface area (Å²) < 4.78 is 98.8. The first-order valence-electron chi connectivity index (χ1n) is 9.52.